The zero-order valence-electron chi connectivity index (χ0n) is 15.2. The lowest BCUT2D eigenvalue weighted by molar-refractivity contribution is 0.404. The van der Waals surface area contributed by atoms with E-state index in [1.807, 2.05) is 30.5 Å². The lowest BCUT2D eigenvalue weighted by Crippen LogP contribution is -1.99. The van der Waals surface area contributed by atoms with Crippen LogP contribution in [0, 0.1) is 6.92 Å². The zero-order valence-corrected chi connectivity index (χ0v) is 16.1. The van der Waals surface area contributed by atoms with Gasteiger partial charge in [-0.2, -0.15) is 5.10 Å². The number of aromatic nitrogens is 1. The van der Waals surface area contributed by atoms with Gasteiger partial charge < -0.3 is 9.47 Å². The topological polar surface area (TPSA) is 55.7 Å². The van der Waals surface area contributed by atoms with Gasteiger partial charge in [0, 0.05) is 10.9 Å². The summed E-state index contributed by atoms with van der Waals surface area (Å²) in [7, 11) is 3.29. The molecule has 0 saturated heterocycles. The van der Waals surface area contributed by atoms with Gasteiger partial charge in [-0.3, -0.25) is 5.43 Å². The van der Waals surface area contributed by atoms with Crippen LogP contribution < -0.4 is 14.9 Å². The molecule has 1 heterocycles. The number of thiazole rings is 1. The third-order valence-corrected chi connectivity index (χ3v) is 4.72. The van der Waals surface area contributed by atoms with Gasteiger partial charge in [0.05, 0.1) is 25.6 Å². The van der Waals surface area contributed by atoms with E-state index >= 15 is 0 Å². The van der Waals surface area contributed by atoms with E-state index in [0.717, 1.165) is 39.2 Å². The summed E-state index contributed by atoms with van der Waals surface area (Å²) in [6.45, 7) is 4.04. The summed E-state index contributed by atoms with van der Waals surface area (Å²) >= 11 is 1.49. The van der Waals surface area contributed by atoms with Crippen molar-refractivity contribution in [2.75, 3.05) is 19.6 Å². The van der Waals surface area contributed by atoms with Gasteiger partial charge in [0.1, 0.15) is 11.5 Å². The summed E-state index contributed by atoms with van der Waals surface area (Å²) in [5.41, 5.74) is 7.95. The molecule has 0 aliphatic carbocycles. The van der Waals surface area contributed by atoms with E-state index in [-0.39, 0.29) is 0 Å². The van der Waals surface area contributed by atoms with Crippen LogP contribution in [0.5, 0.6) is 11.5 Å². The molecule has 0 aliphatic rings. The number of anilines is 1. The van der Waals surface area contributed by atoms with Crippen LogP contribution in [0.25, 0.3) is 11.3 Å². The van der Waals surface area contributed by atoms with Gasteiger partial charge in [-0.15, -0.1) is 11.3 Å². The summed E-state index contributed by atoms with van der Waals surface area (Å²) in [6.07, 6.45) is 0. The molecule has 5 nitrogen and oxygen atoms in total. The standard InChI is InChI=1S/C20H21N3O2S/c1-13-5-7-15(8-6-13)14(2)22-23-20-21-18(12-26-20)17-11-16(24-3)9-10-19(17)25-4/h5-12H,1-4H3,(H,21,23)/b22-14-. The van der Waals surface area contributed by atoms with Crippen molar-refractivity contribution >= 4 is 22.2 Å². The van der Waals surface area contributed by atoms with Gasteiger partial charge in [-0.1, -0.05) is 29.8 Å². The van der Waals surface area contributed by atoms with Crippen molar-refractivity contribution in [1.29, 1.82) is 0 Å². The van der Waals surface area contributed by atoms with Crippen LogP contribution in [0.2, 0.25) is 0 Å². The molecule has 3 aromatic rings. The predicted octanol–water partition coefficient (Wildman–Crippen LogP) is 4.97. The Balaban J connectivity index is 1.80. The fourth-order valence-electron chi connectivity index (χ4n) is 2.45. The second-order valence-corrected chi connectivity index (χ2v) is 6.64. The van der Waals surface area contributed by atoms with Crippen molar-refractivity contribution in [2.45, 2.75) is 13.8 Å². The molecule has 0 atom stereocenters. The number of benzene rings is 2. The van der Waals surface area contributed by atoms with Crippen molar-refractivity contribution in [3.63, 3.8) is 0 Å². The summed E-state index contributed by atoms with van der Waals surface area (Å²) in [5, 5.41) is 7.12. The molecule has 0 fully saturated rings. The maximum atomic E-state index is 5.44. The number of hydrazone groups is 1. The average molecular weight is 367 g/mol. The molecule has 0 unspecified atom stereocenters. The van der Waals surface area contributed by atoms with Crippen molar-refractivity contribution in [3.8, 4) is 22.8 Å². The summed E-state index contributed by atoms with van der Waals surface area (Å²) in [6, 6.07) is 13.9. The highest BCUT2D eigenvalue weighted by Crippen LogP contribution is 2.35. The van der Waals surface area contributed by atoms with Crippen molar-refractivity contribution in [3.05, 3.63) is 59.0 Å². The number of hydrogen-bond donors (Lipinski definition) is 1. The van der Waals surface area contributed by atoms with Gasteiger partial charge in [-0.05, 0) is 37.6 Å². The monoisotopic (exact) mass is 367 g/mol. The minimum Gasteiger partial charge on any atom is -0.497 e. The van der Waals surface area contributed by atoms with Crippen molar-refractivity contribution in [1.82, 2.24) is 4.98 Å². The van der Waals surface area contributed by atoms with Gasteiger partial charge in [0.15, 0.2) is 0 Å². The first kappa shape index (κ1) is 17.9. The Labute approximate surface area is 157 Å². The average Bonchev–Trinajstić information content (AvgIpc) is 3.15. The first-order valence-corrected chi connectivity index (χ1v) is 9.04. The Morgan fingerprint density at radius 2 is 1.85 bits per heavy atom. The van der Waals surface area contributed by atoms with Crippen molar-refractivity contribution < 1.29 is 9.47 Å². The van der Waals surface area contributed by atoms with Crippen LogP contribution in [0.15, 0.2) is 52.9 Å². The van der Waals surface area contributed by atoms with Crippen molar-refractivity contribution in [2.24, 2.45) is 5.10 Å². The number of nitrogens with zero attached hydrogens (tertiary/aromatic N) is 2. The zero-order chi connectivity index (χ0) is 18.5. The van der Waals surface area contributed by atoms with Crippen LogP contribution in [0.1, 0.15) is 18.1 Å². The first-order valence-electron chi connectivity index (χ1n) is 8.16. The lowest BCUT2D eigenvalue weighted by Gasteiger charge is -2.08. The number of methoxy groups -OCH3 is 2. The molecule has 2 aromatic carbocycles. The highest BCUT2D eigenvalue weighted by atomic mass is 32.1. The van der Waals surface area contributed by atoms with E-state index in [0.29, 0.717) is 0 Å². The van der Waals surface area contributed by atoms with Crippen LogP contribution in [0.4, 0.5) is 5.13 Å². The molecule has 0 spiro atoms. The highest BCUT2D eigenvalue weighted by molar-refractivity contribution is 7.14. The van der Waals surface area contributed by atoms with E-state index in [1.54, 1.807) is 14.2 Å². The Kier molecular flexibility index (Phi) is 5.53. The first-order chi connectivity index (χ1) is 12.6. The molecule has 26 heavy (non-hydrogen) atoms. The van der Waals surface area contributed by atoms with E-state index in [4.69, 9.17) is 9.47 Å². The Morgan fingerprint density at radius 1 is 1.08 bits per heavy atom. The van der Waals surface area contributed by atoms with E-state index in [1.165, 1.54) is 16.9 Å². The number of ether oxygens (including phenoxy) is 2. The smallest absolute Gasteiger partial charge is 0.203 e. The summed E-state index contributed by atoms with van der Waals surface area (Å²) in [4.78, 5) is 4.61. The molecule has 0 bridgehead atoms. The fourth-order valence-corrected chi connectivity index (χ4v) is 3.11. The molecule has 134 valence electrons. The Morgan fingerprint density at radius 3 is 2.54 bits per heavy atom. The fraction of sp³-hybridized carbons (Fsp3) is 0.200. The highest BCUT2D eigenvalue weighted by Gasteiger charge is 2.11. The summed E-state index contributed by atoms with van der Waals surface area (Å²) < 4.78 is 10.7. The molecule has 3 rings (SSSR count). The number of aryl methyl sites for hydroxylation is 1. The number of hydrogen-bond acceptors (Lipinski definition) is 6. The second-order valence-electron chi connectivity index (χ2n) is 5.78. The third-order valence-electron chi connectivity index (χ3n) is 3.98. The molecule has 1 aromatic heterocycles. The molecule has 6 heteroatoms. The molecule has 0 amide bonds. The third kappa shape index (κ3) is 4.03. The molecule has 0 saturated carbocycles. The van der Waals surface area contributed by atoms with Crippen LogP contribution in [-0.4, -0.2) is 24.9 Å². The van der Waals surface area contributed by atoms with Gasteiger partial charge in [0.2, 0.25) is 5.13 Å². The lowest BCUT2D eigenvalue weighted by atomic mass is 10.1. The Hall–Kier alpha value is -2.86. The summed E-state index contributed by atoms with van der Waals surface area (Å²) in [5.74, 6) is 1.51. The number of rotatable bonds is 6. The van der Waals surface area contributed by atoms with Crippen LogP contribution in [0.3, 0.4) is 0 Å². The largest absolute Gasteiger partial charge is 0.497 e. The normalized spacial score (nSPS) is 11.3. The van der Waals surface area contributed by atoms with Crippen LogP contribution in [-0.2, 0) is 0 Å². The predicted molar refractivity (Wildman–Crippen MR) is 108 cm³/mol. The van der Waals surface area contributed by atoms with Gasteiger partial charge in [-0.25, -0.2) is 4.98 Å². The minimum atomic E-state index is 0.719. The molecular weight excluding hydrogens is 346 g/mol. The van der Waals surface area contributed by atoms with E-state index in [2.05, 4.69) is 46.7 Å². The maximum Gasteiger partial charge on any atom is 0.203 e. The SMILES string of the molecule is COc1ccc(OC)c(-c2csc(N/N=C(/C)c3ccc(C)cc3)n2)c1. The number of nitrogens with one attached hydrogen (secondary N) is 1. The molecular formula is C20H21N3O2S. The second kappa shape index (κ2) is 8.01. The minimum absolute atomic E-state index is 0.719. The van der Waals surface area contributed by atoms with E-state index < -0.39 is 0 Å². The Bertz CT molecular complexity index is 917. The quantitative estimate of drug-likeness (QED) is 0.493. The molecule has 0 radical (unpaired) electrons. The molecule has 0 aliphatic heterocycles. The van der Waals surface area contributed by atoms with Crippen LogP contribution >= 0.6 is 11.3 Å². The molecule has 1 N–H and O–H groups in total. The maximum absolute atomic E-state index is 5.44. The van der Waals surface area contributed by atoms with Gasteiger partial charge in [0.25, 0.3) is 0 Å². The van der Waals surface area contributed by atoms with Gasteiger partial charge >= 0.3 is 0 Å². The van der Waals surface area contributed by atoms with E-state index in [9.17, 15) is 0 Å².